The number of hydrogen-bond donors (Lipinski definition) is 2. The first-order valence-corrected chi connectivity index (χ1v) is 11.3. The molecular formula is C16H17N3O6S3. The summed E-state index contributed by atoms with van der Waals surface area (Å²) in [5.41, 5.74) is 0.255. The van der Waals surface area contributed by atoms with Gasteiger partial charge in [0.1, 0.15) is 15.1 Å². The maximum atomic E-state index is 12.9. The van der Waals surface area contributed by atoms with Crippen molar-refractivity contribution in [3.8, 4) is 0 Å². The second-order valence-corrected chi connectivity index (χ2v) is 9.74. The largest absolute Gasteiger partial charge is 0.465 e. The van der Waals surface area contributed by atoms with Crippen LogP contribution in [0.15, 0.2) is 33.2 Å². The molecule has 150 valence electrons. The predicted molar refractivity (Wildman–Crippen MR) is 104 cm³/mol. The molecule has 2 aromatic heterocycles. The van der Waals surface area contributed by atoms with Gasteiger partial charge >= 0.3 is 5.97 Å². The fourth-order valence-electron chi connectivity index (χ4n) is 2.74. The molecule has 0 unspecified atom stereocenters. The first kappa shape index (κ1) is 20.5. The monoisotopic (exact) mass is 443 g/mol. The Morgan fingerprint density at radius 3 is 2.79 bits per heavy atom. The van der Waals surface area contributed by atoms with Crippen molar-refractivity contribution in [3.05, 3.63) is 33.8 Å². The summed E-state index contributed by atoms with van der Waals surface area (Å²) in [6.07, 6.45) is -0.382. The number of nitrogens with one attached hydrogen (secondary N) is 2. The van der Waals surface area contributed by atoms with Gasteiger partial charge in [0.2, 0.25) is 11.8 Å². The highest BCUT2D eigenvalue weighted by molar-refractivity contribution is 7.91. The summed E-state index contributed by atoms with van der Waals surface area (Å²) in [5, 5.41) is 8.38. The van der Waals surface area contributed by atoms with Gasteiger partial charge in [-0.05, 0) is 22.9 Å². The van der Waals surface area contributed by atoms with Crippen molar-refractivity contribution < 1.29 is 27.5 Å². The maximum absolute atomic E-state index is 12.9. The summed E-state index contributed by atoms with van der Waals surface area (Å²) >= 11 is 2.15. The highest BCUT2D eigenvalue weighted by Crippen LogP contribution is 2.26. The molecule has 9 nitrogen and oxygen atoms in total. The summed E-state index contributed by atoms with van der Waals surface area (Å²) < 4.78 is 31.5. The molecule has 1 atom stereocenters. The third-order valence-corrected chi connectivity index (χ3v) is 8.20. The SMILES string of the molecule is COC(=O)c1sccc1NC(=O)C[C@H]1C(=O)NCCN1S(=O)(=O)c1cccs1. The standard InChI is InChI=1S/C16H17N3O6S3/c1-25-16(22)14-10(4-8-27-14)18-12(20)9-11-15(21)17-5-6-19(11)28(23,24)13-3-2-7-26-13/h2-4,7-8,11H,5-6,9H2,1H3,(H,17,21)(H,18,20)/t11-/m0/s1. The molecule has 0 saturated carbocycles. The molecule has 0 aliphatic carbocycles. The summed E-state index contributed by atoms with van der Waals surface area (Å²) in [4.78, 5) is 36.7. The van der Waals surface area contributed by atoms with Gasteiger partial charge in [0.05, 0.1) is 19.2 Å². The van der Waals surface area contributed by atoms with E-state index >= 15 is 0 Å². The van der Waals surface area contributed by atoms with Crippen LogP contribution in [-0.4, -0.2) is 56.7 Å². The molecule has 0 bridgehead atoms. The molecule has 0 spiro atoms. The van der Waals surface area contributed by atoms with Gasteiger partial charge in [0.15, 0.2) is 0 Å². The van der Waals surface area contributed by atoms with E-state index in [0.717, 1.165) is 27.0 Å². The summed E-state index contributed by atoms with van der Waals surface area (Å²) in [6.45, 7) is 0.231. The van der Waals surface area contributed by atoms with Gasteiger partial charge in [0, 0.05) is 13.1 Å². The Labute approximate surface area is 169 Å². The number of carbonyl (C=O) groups is 3. The van der Waals surface area contributed by atoms with Crippen LogP contribution in [0.4, 0.5) is 5.69 Å². The molecule has 3 heterocycles. The van der Waals surface area contributed by atoms with Crippen LogP contribution in [0.3, 0.4) is 0 Å². The van der Waals surface area contributed by atoms with Crippen molar-refractivity contribution in [2.24, 2.45) is 0 Å². The number of thiophene rings is 2. The molecular weight excluding hydrogens is 426 g/mol. The number of hydrogen-bond acceptors (Lipinski definition) is 8. The maximum Gasteiger partial charge on any atom is 0.350 e. The minimum Gasteiger partial charge on any atom is -0.465 e. The van der Waals surface area contributed by atoms with E-state index in [1.54, 1.807) is 16.8 Å². The zero-order chi connectivity index (χ0) is 20.3. The number of sulfonamides is 1. The minimum atomic E-state index is -3.90. The highest BCUT2D eigenvalue weighted by atomic mass is 32.2. The van der Waals surface area contributed by atoms with Gasteiger partial charge in [-0.2, -0.15) is 4.31 Å². The summed E-state index contributed by atoms with van der Waals surface area (Å²) in [7, 11) is -2.67. The molecule has 1 saturated heterocycles. The van der Waals surface area contributed by atoms with Crippen LogP contribution in [0.2, 0.25) is 0 Å². The molecule has 0 radical (unpaired) electrons. The van der Waals surface area contributed by atoms with Crippen LogP contribution in [0.5, 0.6) is 0 Å². The normalized spacial score (nSPS) is 17.8. The van der Waals surface area contributed by atoms with E-state index in [1.165, 1.54) is 19.2 Å². The van der Waals surface area contributed by atoms with Crippen molar-refractivity contribution in [1.29, 1.82) is 0 Å². The Kier molecular flexibility index (Phi) is 6.13. The van der Waals surface area contributed by atoms with Crippen molar-refractivity contribution in [1.82, 2.24) is 9.62 Å². The lowest BCUT2D eigenvalue weighted by Gasteiger charge is -2.33. The molecule has 1 aliphatic rings. The van der Waals surface area contributed by atoms with Gasteiger partial charge in [-0.1, -0.05) is 6.07 Å². The third-order valence-electron chi connectivity index (χ3n) is 4.03. The summed E-state index contributed by atoms with van der Waals surface area (Å²) in [5.74, 6) is -1.72. The Morgan fingerprint density at radius 1 is 1.32 bits per heavy atom. The average molecular weight is 444 g/mol. The zero-order valence-corrected chi connectivity index (χ0v) is 17.2. The van der Waals surface area contributed by atoms with E-state index in [-0.39, 0.29) is 34.3 Å². The van der Waals surface area contributed by atoms with Gasteiger partial charge in [-0.15, -0.1) is 22.7 Å². The molecule has 3 rings (SSSR count). The number of piperazine rings is 1. The number of esters is 1. The molecule has 2 aromatic rings. The fourth-order valence-corrected chi connectivity index (χ4v) is 6.21. The van der Waals surface area contributed by atoms with E-state index in [4.69, 9.17) is 0 Å². The third kappa shape index (κ3) is 4.09. The number of nitrogens with zero attached hydrogens (tertiary/aromatic N) is 1. The summed E-state index contributed by atoms with van der Waals surface area (Å²) in [6, 6.07) is 3.42. The second kappa shape index (κ2) is 8.39. The molecule has 1 fully saturated rings. The average Bonchev–Trinajstić information content (AvgIpc) is 3.34. The number of anilines is 1. The van der Waals surface area contributed by atoms with Gasteiger partial charge < -0.3 is 15.4 Å². The van der Waals surface area contributed by atoms with Crippen LogP contribution in [0.1, 0.15) is 16.1 Å². The highest BCUT2D eigenvalue weighted by Gasteiger charge is 2.40. The molecule has 2 N–H and O–H groups in total. The van der Waals surface area contributed by atoms with E-state index in [0.29, 0.717) is 0 Å². The van der Waals surface area contributed by atoms with Crippen LogP contribution < -0.4 is 10.6 Å². The lowest BCUT2D eigenvalue weighted by molar-refractivity contribution is -0.130. The molecule has 1 aliphatic heterocycles. The van der Waals surface area contributed by atoms with Crippen molar-refractivity contribution in [2.75, 3.05) is 25.5 Å². The Morgan fingerprint density at radius 2 is 2.11 bits per heavy atom. The lowest BCUT2D eigenvalue weighted by Crippen LogP contribution is -2.57. The zero-order valence-electron chi connectivity index (χ0n) is 14.7. The predicted octanol–water partition coefficient (Wildman–Crippen LogP) is 1.11. The van der Waals surface area contributed by atoms with Crippen LogP contribution in [0, 0.1) is 0 Å². The molecule has 12 heteroatoms. The number of rotatable bonds is 6. The molecule has 28 heavy (non-hydrogen) atoms. The molecule has 0 aromatic carbocycles. The van der Waals surface area contributed by atoms with Crippen molar-refractivity contribution in [3.63, 3.8) is 0 Å². The van der Waals surface area contributed by atoms with Crippen molar-refractivity contribution >= 4 is 56.2 Å². The minimum absolute atomic E-state index is 0.0653. The number of carbonyl (C=O) groups excluding carboxylic acids is 3. The first-order chi connectivity index (χ1) is 13.3. The fraction of sp³-hybridized carbons (Fsp3) is 0.312. The topological polar surface area (TPSA) is 122 Å². The van der Waals surface area contributed by atoms with E-state index in [1.807, 2.05) is 0 Å². The number of methoxy groups -OCH3 is 1. The Bertz CT molecular complexity index is 983. The van der Waals surface area contributed by atoms with E-state index in [9.17, 15) is 22.8 Å². The Hall–Kier alpha value is -2.28. The quantitative estimate of drug-likeness (QED) is 0.645. The first-order valence-electron chi connectivity index (χ1n) is 8.13. The Balaban J connectivity index is 1.79. The lowest BCUT2D eigenvalue weighted by atomic mass is 10.1. The smallest absolute Gasteiger partial charge is 0.350 e. The second-order valence-electron chi connectivity index (χ2n) is 5.76. The van der Waals surface area contributed by atoms with Crippen LogP contribution in [-0.2, 0) is 24.3 Å². The number of amides is 2. The molecule has 2 amide bonds. The van der Waals surface area contributed by atoms with Crippen LogP contribution >= 0.6 is 22.7 Å². The van der Waals surface area contributed by atoms with Gasteiger partial charge in [0.25, 0.3) is 10.0 Å². The van der Waals surface area contributed by atoms with E-state index in [2.05, 4.69) is 15.4 Å². The van der Waals surface area contributed by atoms with Gasteiger partial charge in [-0.25, -0.2) is 13.2 Å². The van der Waals surface area contributed by atoms with Crippen LogP contribution in [0.25, 0.3) is 0 Å². The number of ether oxygens (including phenoxy) is 1. The van der Waals surface area contributed by atoms with E-state index < -0.39 is 33.8 Å². The van der Waals surface area contributed by atoms with Crippen molar-refractivity contribution in [2.45, 2.75) is 16.7 Å². The van der Waals surface area contributed by atoms with Gasteiger partial charge in [-0.3, -0.25) is 9.59 Å².